The van der Waals surface area contributed by atoms with Crippen molar-refractivity contribution in [3.63, 3.8) is 0 Å². The third-order valence-electron chi connectivity index (χ3n) is 4.08. The van der Waals surface area contributed by atoms with Gasteiger partial charge in [-0.15, -0.1) is 0 Å². The summed E-state index contributed by atoms with van der Waals surface area (Å²) in [6.45, 7) is 6.01. The van der Waals surface area contributed by atoms with Gasteiger partial charge in [-0.3, -0.25) is 4.79 Å². The molecule has 1 saturated carbocycles. The van der Waals surface area contributed by atoms with Crippen molar-refractivity contribution in [2.24, 2.45) is 5.73 Å². The van der Waals surface area contributed by atoms with Gasteiger partial charge in [-0.2, -0.15) is 0 Å². The number of anilines is 1. The summed E-state index contributed by atoms with van der Waals surface area (Å²) in [7, 11) is 3.46. The van der Waals surface area contributed by atoms with Crippen molar-refractivity contribution < 1.29 is 9.53 Å². The summed E-state index contributed by atoms with van der Waals surface area (Å²) in [6, 6.07) is 1.97. The van der Waals surface area contributed by atoms with Crippen LogP contribution in [0.1, 0.15) is 29.5 Å². The summed E-state index contributed by atoms with van der Waals surface area (Å²) in [4.78, 5) is 14.1. The first-order valence-electron chi connectivity index (χ1n) is 6.53. The van der Waals surface area contributed by atoms with Gasteiger partial charge in [0.1, 0.15) is 5.75 Å². The molecule has 0 aromatic heterocycles. The van der Waals surface area contributed by atoms with Crippen LogP contribution in [0.3, 0.4) is 0 Å². The van der Waals surface area contributed by atoms with E-state index < -0.39 is 5.54 Å². The molecule has 0 atom stereocenters. The quantitative estimate of drug-likeness (QED) is 0.907. The van der Waals surface area contributed by atoms with Gasteiger partial charge in [0.15, 0.2) is 0 Å². The molecular formula is C15H22N2O2. The van der Waals surface area contributed by atoms with Gasteiger partial charge in [0.25, 0.3) is 0 Å². The van der Waals surface area contributed by atoms with E-state index in [1.807, 2.05) is 26.8 Å². The third kappa shape index (κ3) is 2.21. The Morgan fingerprint density at radius 3 is 2.37 bits per heavy atom. The number of ether oxygens (including phenoxy) is 1. The maximum Gasteiger partial charge on any atom is 0.246 e. The molecule has 1 aliphatic rings. The van der Waals surface area contributed by atoms with Gasteiger partial charge < -0.3 is 15.4 Å². The number of benzene rings is 1. The molecule has 0 bridgehead atoms. The topological polar surface area (TPSA) is 55.6 Å². The van der Waals surface area contributed by atoms with Crippen LogP contribution in [0.15, 0.2) is 6.07 Å². The van der Waals surface area contributed by atoms with E-state index in [2.05, 4.69) is 0 Å². The van der Waals surface area contributed by atoms with E-state index in [0.29, 0.717) is 0 Å². The largest absolute Gasteiger partial charge is 0.496 e. The van der Waals surface area contributed by atoms with Crippen molar-refractivity contribution in [2.45, 2.75) is 39.2 Å². The summed E-state index contributed by atoms with van der Waals surface area (Å²) in [5, 5.41) is 0. The maximum atomic E-state index is 12.4. The van der Waals surface area contributed by atoms with Crippen LogP contribution in [0.2, 0.25) is 0 Å². The number of nitrogens with zero attached hydrogens (tertiary/aromatic N) is 1. The number of carbonyl (C=O) groups is 1. The van der Waals surface area contributed by atoms with Crippen LogP contribution in [0.4, 0.5) is 5.69 Å². The van der Waals surface area contributed by atoms with E-state index in [0.717, 1.165) is 41.0 Å². The lowest BCUT2D eigenvalue weighted by Crippen LogP contribution is -2.44. The molecule has 4 nitrogen and oxygen atoms in total. The van der Waals surface area contributed by atoms with Crippen molar-refractivity contribution in [3.05, 3.63) is 22.8 Å². The lowest BCUT2D eigenvalue weighted by atomic mass is 10.0. The number of likely N-dealkylation sites (N-methyl/N-ethyl adjacent to an activating group) is 1. The first kappa shape index (κ1) is 13.9. The Bertz CT molecular complexity index is 533. The highest BCUT2D eigenvalue weighted by molar-refractivity contribution is 6.02. The molecular weight excluding hydrogens is 240 g/mol. The van der Waals surface area contributed by atoms with Gasteiger partial charge in [0, 0.05) is 12.7 Å². The zero-order valence-electron chi connectivity index (χ0n) is 12.3. The molecule has 104 valence electrons. The second-order valence-corrected chi connectivity index (χ2v) is 5.51. The molecule has 2 rings (SSSR count). The van der Waals surface area contributed by atoms with Gasteiger partial charge in [-0.05, 0) is 56.4 Å². The van der Waals surface area contributed by atoms with E-state index in [1.165, 1.54) is 0 Å². The Kier molecular flexibility index (Phi) is 3.31. The third-order valence-corrected chi connectivity index (χ3v) is 4.08. The summed E-state index contributed by atoms with van der Waals surface area (Å²) in [6.07, 6.45) is 1.56. The molecule has 0 spiro atoms. The van der Waals surface area contributed by atoms with Gasteiger partial charge in [-0.1, -0.05) is 0 Å². The molecule has 1 aliphatic carbocycles. The Morgan fingerprint density at radius 2 is 1.89 bits per heavy atom. The number of nitrogens with two attached hydrogens (primary N) is 1. The second-order valence-electron chi connectivity index (χ2n) is 5.51. The number of methoxy groups -OCH3 is 1. The highest BCUT2D eigenvalue weighted by Crippen LogP contribution is 2.38. The fourth-order valence-electron chi connectivity index (χ4n) is 2.54. The number of aryl methyl sites for hydroxylation is 1. The molecule has 0 saturated heterocycles. The standard InChI is InChI=1S/C15H22N2O2/c1-9-8-12(19-5)10(2)11(3)13(9)17(4)14(18)15(16)6-7-15/h8H,6-7,16H2,1-5H3. The molecule has 0 aliphatic heterocycles. The molecule has 1 aromatic rings. The minimum atomic E-state index is -0.637. The number of hydrogen-bond acceptors (Lipinski definition) is 3. The van der Waals surface area contributed by atoms with E-state index in [-0.39, 0.29) is 5.91 Å². The number of carbonyl (C=O) groups excluding carboxylic acids is 1. The SMILES string of the molecule is COc1cc(C)c(N(C)C(=O)C2(N)CC2)c(C)c1C. The number of amides is 1. The predicted molar refractivity (Wildman–Crippen MR) is 76.8 cm³/mol. The van der Waals surface area contributed by atoms with Gasteiger partial charge in [0.05, 0.1) is 12.6 Å². The van der Waals surface area contributed by atoms with Crippen molar-refractivity contribution in [3.8, 4) is 5.75 Å². The molecule has 4 heteroatoms. The molecule has 0 unspecified atom stereocenters. The fourth-order valence-corrected chi connectivity index (χ4v) is 2.54. The zero-order valence-corrected chi connectivity index (χ0v) is 12.3. The highest BCUT2D eigenvalue weighted by Gasteiger charge is 2.48. The van der Waals surface area contributed by atoms with Crippen LogP contribution in [-0.2, 0) is 4.79 Å². The van der Waals surface area contributed by atoms with Crippen LogP contribution in [0.25, 0.3) is 0 Å². The Labute approximate surface area is 114 Å². The lowest BCUT2D eigenvalue weighted by molar-refractivity contribution is -0.120. The summed E-state index contributed by atoms with van der Waals surface area (Å²) in [5.74, 6) is 0.858. The average Bonchev–Trinajstić information content (AvgIpc) is 3.12. The van der Waals surface area contributed by atoms with Crippen LogP contribution in [-0.4, -0.2) is 25.6 Å². The van der Waals surface area contributed by atoms with Gasteiger partial charge in [0.2, 0.25) is 5.91 Å². The van der Waals surface area contributed by atoms with Crippen molar-refractivity contribution in [2.75, 3.05) is 19.1 Å². The average molecular weight is 262 g/mol. The summed E-state index contributed by atoms with van der Waals surface area (Å²) >= 11 is 0. The minimum Gasteiger partial charge on any atom is -0.496 e. The van der Waals surface area contributed by atoms with E-state index >= 15 is 0 Å². The summed E-state index contributed by atoms with van der Waals surface area (Å²) < 4.78 is 5.35. The molecule has 1 fully saturated rings. The first-order valence-corrected chi connectivity index (χ1v) is 6.53. The van der Waals surface area contributed by atoms with Crippen molar-refractivity contribution in [1.82, 2.24) is 0 Å². The predicted octanol–water partition coefficient (Wildman–Crippen LogP) is 2.07. The van der Waals surface area contributed by atoms with Crippen molar-refractivity contribution in [1.29, 1.82) is 0 Å². The molecule has 0 radical (unpaired) electrons. The van der Waals surface area contributed by atoms with Crippen LogP contribution < -0.4 is 15.4 Å². The minimum absolute atomic E-state index is 0.00302. The van der Waals surface area contributed by atoms with E-state index in [9.17, 15) is 4.79 Å². The lowest BCUT2D eigenvalue weighted by Gasteiger charge is -2.26. The van der Waals surface area contributed by atoms with Crippen LogP contribution in [0.5, 0.6) is 5.75 Å². The summed E-state index contributed by atoms with van der Waals surface area (Å²) in [5.41, 5.74) is 9.47. The van der Waals surface area contributed by atoms with Crippen molar-refractivity contribution >= 4 is 11.6 Å². The molecule has 1 amide bonds. The van der Waals surface area contributed by atoms with Crippen LogP contribution in [0, 0.1) is 20.8 Å². The van der Waals surface area contributed by atoms with Gasteiger partial charge in [-0.25, -0.2) is 0 Å². The second kappa shape index (κ2) is 4.53. The molecule has 0 heterocycles. The monoisotopic (exact) mass is 262 g/mol. The highest BCUT2D eigenvalue weighted by atomic mass is 16.5. The zero-order chi connectivity index (χ0) is 14.4. The number of hydrogen-bond donors (Lipinski definition) is 1. The number of rotatable bonds is 3. The Balaban J connectivity index is 2.45. The molecule has 19 heavy (non-hydrogen) atoms. The normalized spacial score (nSPS) is 16.1. The molecule has 2 N–H and O–H groups in total. The fraction of sp³-hybridized carbons (Fsp3) is 0.533. The van der Waals surface area contributed by atoms with E-state index in [1.54, 1.807) is 19.1 Å². The van der Waals surface area contributed by atoms with Gasteiger partial charge >= 0.3 is 0 Å². The van der Waals surface area contributed by atoms with Crippen LogP contribution >= 0.6 is 0 Å². The first-order chi connectivity index (χ1) is 8.81. The van der Waals surface area contributed by atoms with E-state index in [4.69, 9.17) is 10.5 Å². The Morgan fingerprint density at radius 1 is 1.32 bits per heavy atom. The smallest absolute Gasteiger partial charge is 0.246 e. The Hall–Kier alpha value is -1.55. The maximum absolute atomic E-state index is 12.4. The molecule has 1 aromatic carbocycles.